The Morgan fingerprint density at radius 3 is 2.44 bits per heavy atom. The molecule has 2 aromatic carbocycles. The van der Waals surface area contributed by atoms with E-state index in [-0.39, 0.29) is 29.7 Å². The van der Waals surface area contributed by atoms with Crippen molar-refractivity contribution < 1.29 is 32.6 Å². The van der Waals surface area contributed by atoms with Gasteiger partial charge in [0.2, 0.25) is 5.91 Å². The fraction of sp³-hybridized carbons (Fsp3) is 0.391. The highest BCUT2D eigenvalue weighted by Crippen LogP contribution is 2.37. The van der Waals surface area contributed by atoms with E-state index in [0.29, 0.717) is 61.6 Å². The molecule has 0 unspecified atom stereocenters. The van der Waals surface area contributed by atoms with Crippen molar-refractivity contribution in [1.29, 1.82) is 0 Å². The minimum Gasteiger partial charge on any atom is -0.490 e. The number of amides is 2. The number of carbonyl (C=O) groups excluding carboxylic acids is 2. The quantitative estimate of drug-likeness (QED) is 0.661. The molecule has 2 aliphatic heterocycles. The van der Waals surface area contributed by atoms with Crippen molar-refractivity contribution in [3.05, 3.63) is 47.0 Å². The minimum atomic E-state index is -3.02. The lowest BCUT2D eigenvalue weighted by molar-refractivity contribution is -0.117. The monoisotopic (exact) mass is 495 g/mol. The molecule has 34 heavy (non-hydrogen) atoms. The SMILES string of the molecule is O=C(CN1CCN(C(=O)c2ccccc2OC(F)F)CC1)Nc1cc2c(cc1Cl)OCCCO2. The fourth-order valence-electron chi connectivity index (χ4n) is 3.79. The number of alkyl halides is 2. The average molecular weight is 496 g/mol. The number of hydrogen-bond donors (Lipinski definition) is 1. The molecule has 8 nitrogen and oxygen atoms in total. The van der Waals surface area contributed by atoms with Gasteiger partial charge < -0.3 is 24.4 Å². The van der Waals surface area contributed by atoms with Gasteiger partial charge in [0.1, 0.15) is 5.75 Å². The van der Waals surface area contributed by atoms with Crippen molar-refractivity contribution in [3.63, 3.8) is 0 Å². The molecule has 0 radical (unpaired) electrons. The Morgan fingerprint density at radius 2 is 1.74 bits per heavy atom. The first-order valence-corrected chi connectivity index (χ1v) is 11.2. The third-order valence-electron chi connectivity index (χ3n) is 5.47. The van der Waals surface area contributed by atoms with Crippen LogP contribution in [0.5, 0.6) is 17.2 Å². The first kappa shape index (κ1) is 24.0. The van der Waals surface area contributed by atoms with Crippen LogP contribution in [0.4, 0.5) is 14.5 Å². The Morgan fingerprint density at radius 1 is 1.06 bits per heavy atom. The first-order chi connectivity index (χ1) is 16.4. The Hall–Kier alpha value is -3.11. The number of benzene rings is 2. The molecule has 2 amide bonds. The summed E-state index contributed by atoms with van der Waals surface area (Å²) in [5.74, 6) is 0.268. The van der Waals surface area contributed by atoms with Gasteiger partial charge in [-0.05, 0) is 12.1 Å². The van der Waals surface area contributed by atoms with Crippen LogP contribution in [0.15, 0.2) is 36.4 Å². The van der Waals surface area contributed by atoms with E-state index in [1.165, 1.54) is 18.2 Å². The van der Waals surface area contributed by atoms with Crippen molar-refractivity contribution >= 4 is 29.1 Å². The van der Waals surface area contributed by atoms with Crippen LogP contribution in [0.2, 0.25) is 5.02 Å². The van der Waals surface area contributed by atoms with Crippen molar-refractivity contribution in [2.45, 2.75) is 13.0 Å². The molecule has 0 spiro atoms. The molecule has 0 atom stereocenters. The summed E-state index contributed by atoms with van der Waals surface area (Å²) in [6.07, 6.45) is 0.757. The average Bonchev–Trinajstić information content (AvgIpc) is 3.04. The summed E-state index contributed by atoms with van der Waals surface area (Å²) >= 11 is 6.29. The van der Waals surface area contributed by atoms with Crippen LogP contribution >= 0.6 is 11.6 Å². The normalized spacial score (nSPS) is 16.2. The molecule has 0 bridgehead atoms. The summed E-state index contributed by atoms with van der Waals surface area (Å²) in [6.45, 7) is -0.260. The summed E-state index contributed by atoms with van der Waals surface area (Å²) in [4.78, 5) is 28.9. The Kier molecular flexibility index (Phi) is 7.69. The number of fused-ring (bicyclic) bond motifs is 1. The Bertz CT molecular complexity index is 1050. The third-order valence-corrected chi connectivity index (χ3v) is 5.78. The second-order valence-corrected chi connectivity index (χ2v) is 8.23. The molecule has 2 aromatic rings. The molecule has 2 aliphatic rings. The highest BCUT2D eigenvalue weighted by atomic mass is 35.5. The highest BCUT2D eigenvalue weighted by Gasteiger charge is 2.26. The number of halogens is 3. The molecule has 182 valence electrons. The van der Waals surface area contributed by atoms with Gasteiger partial charge in [0.05, 0.1) is 36.0 Å². The number of ether oxygens (including phenoxy) is 3. The fourth-order valence-corrected chi connectivity index (χ4v) is 3.99. The van der Waals surface area contributed by atoms with Crippen molar-refractivity contribution in [2.24, 2.45) is 0 Å². The maximum atomic E-state index is 12.8. The van der Waals surface area contributed by atoms with E-state index < -0.39 is 6.61 Å². The maximum Gasteiger partial charge on any atom is 0.387 e. The first-order valence-electron chi connectivity index (χ1n) is 10.8. The van der Waals surface area contributed by atoms with Gasteiger partial charge in [-0.15, -0.1) is 0 Å². The van der Waals surface area contributed by atoms with E-state index in [0.717, 1.165) is 6.42 Å². The molecule has 2 heterocycles. The van der Waals surface area contributed by atoms with E-state index in [9.17, 15) is 18.4 Å². The molecule has 4 rings (SSSR count). The minimum absolute atomic E-state index is 0.0815. The van der Waals surface area contributed by atoms with Crippen molar-refractivity contribution in [2.75, 3.05) is 51.3 Å². The number of rotatable bonds is 6. The van der Waals surface area contributed by atoms with Gasteiger partial charge in [0.25, 0.3) is 5.91 Å². The molecule has 0 aliphatic carbocycles. The number of carbonyl (C=O) groups is 2. The Labute approximate surface area is 200 Å². The smallest absolute Gasteiger partial charge is 0.387 e. The van der Waals surface area contributed by atoms with Crippen LogP contribution < -0.4 is 19.5 Å². The van der Waals surface area contributed by atoms with E-state index in [1.807, 2.05) is 4.90 Å². The molecule has 0 saturated carbocycles. The molecular weight excluding hydrogens is 472 g/mol. The number of nitrogens with one attached hydrogen (secondary N) is 1. The number of piperazine rings is 1. The zero-order valence-electron chi connectivity index (χ0n) is 18.3. The summed E-state index contributed by atoms with van der Waals surface area (Å²) in [5, 5.41) is 3.14. The van der Waals surface area contributed by atoms with Crippen LogP contribution in [0.25, 0.3) is 0 Å². The predicted octanol–water partition coefficient (Wildman–Crippen LogP) is 3.50. The number of nitrogens with zero attached hydrogens (tertiary/aromatic N) is 2. The van der Waals surface area contributed by atoms with Crippen LogP contribution in [0.1, 0.15) is 16.8 Å². The van der Waals surface area contributed by atoms with Gasteiger partial charge in [0.15, 0.2) is 11.5 Å². The molecule has 11 heteroatoms. The van der Waals surface area contributed by atoms with Crippen molar-refractivity contribution in [1.82, 2.24) is 9.80 Å². The van der Waals surface area contributed by atoms with Gasteiger partial charge in [-0.1, -0.05) is 23.7 Å². The van der Waals surface area contributed by atoms with Gasteiger partial charge >= 0.3 is 6.61 Å². The van der Waals surface area contributed by atoms with Crippen LogP contribution in [0, 0.1) is 0 Å². The summed E-state index contributed by atoms with van der Waals surface area (Å²) < 4.78 is 41.0. The van der Waals surface area contributed by atoms with Crippen LogP contribution in [0.3, 0.4) is 0 Å². The lowest BCUT2D eigenvalue weighted by atomic mass is 10.1. The largest absolute Gasteiger partial charge is 0.490 e. The zero-order valence-corrected chi connectivity index (χ0v) is 19.0. The number of para-hydroxylation sites is 1. The van der Waals surface area contributed by atoms with Gasteiger partial charge in [-0.25, -0.2) is 0 Å². The third kappa shape index (κ3) is 5.87. The van der Waals surface area contributed by atoms with Gasteiger partial charge in [-0.3, -0.25) is 14.5 Å². The number of anilines is 1. The summed E-state index contributed by atoms with van der Waals surface area (Å²) in [5.41, 5.74) is 0.512. The second kappa shape index (κ2) is 10.9. The molecule has 1 fully saturated rings. The molecule has 0 aromatic heterocycles. The molecule has 1 N–H and O–H groups in total. The highest BCUT2D eigenvalue weighted by molar-refractivity contribution is 6.34. The van der Waals surface area contributed by atoms with E-state index in [4.69, 9.17) is 21.1 Å². The van der Waals surface area contributed by atoms with E-state index >= 15 is 0 Å². The van der Waals surface area contributed by atoms with Crippen LogP contribution in [-0.4, -0.2) is 74.2 Å². The topological polar surface area (TPSA) is 80.3 Å². The van der Waals surface area contributed by atoms with Gasteiger partial charge in [0, 0.05) is 44.7 Å². The zero-order chi connectivity index (χ0) is 24.1. The number of hydrogen-bond acceptors (Lipinski definition) is 6. The molecular formula is C23H24ClF2N3O5. The van der Waals surface area contributed by atoms with Crippen molar-refractivity contribution in [3.8, 4) is 17.2 Å². The second-order valence-electron chi connectivity index (χ2n) is 7.82. The predicted molar refractivity (Wildman–Crippen MR) is 121 cm³/mol. The standard InChI is InChI=1S/C23H24ClF2N3O5/c24-16-12-19-20(33-11-3-10-32-19)13-17(16)27-21(30)14-28-6-8-29(9-7-28)22(31)15-4-1-2-5-18(15)34-23(25)26/h1-2,4-5,12-13,23H,3,6-11,14H2,(H,27,30). The van der Waals surface area contributed by atoms with Crippen LogP contribution in [-0.2, 0) is 4.79 Å². The lowest BCUT2D eigenvalue weighted by Crippen LogP contribution is -2.50. The summed E-state index contributed by atoms with van der Waals surface area (Å²) in [7, 11) is 0. The lowest BCUT2D eigenvalue weighted by Gasteiger charge is -2.34. The van der Waals surface area contributed by atoms with E-state index in [1.54, 1.807) is 23.1 Å². The summed E-state index contributed by atoms with van der Waals surface area (Å²) in [6, 6.07) is 9.19. The maximum absolute atomic E-state index is 12.8. The van der Waals surface area contributed by atoms with Gasteiger partial charge in [-0.2, -0.15) is 8.78 Å². The molecule has 1 saturated heterocycles. The van der Waals surface area contributed by atoms with E-state index in [2.05, 4.69) is 10.1 Å². The Balaban J connectivity index is 1.31.